The van der Waals surface area contributed by atoms with Crippen LogP contribution in [0.3, 0.4) is 0 Å². The van der Waals surface area contributed by atoms with Crippen molar-refractivity contribution < 1.29 is 9.47 Å². The van der Waals surface area contributed by atoms with Gasteiger partial charge in [-0.25, -0.2) is 0 Å². The van der Waals surface area contributed by atoms with Gasteiger partial charge in [0, 0.05) is 18.2 Å². The topological polar surface area (TPSA) is 30.5 Å². The van der Waals surface area contributed by atoms with Crippen LogP contribution in [0.4, 0.5) is 0 Å². The van der Waals surface area contributed by atoms with E-state index in [9.17, 15) is 0 Å². The van der Waals surface area contributed by atoms with Crippen LogP contribution in [-0.2, 0) is 6.54 Å². The van der Waals surface area contributed by atoms with Crippen LogP contribution in [-0.4, -0.2) is 13.7 Å². The zero-order chi connectivity index (χ0) is 15.9. The predicted octanol–water partition coefficient (Wildman–Crippen LogP) is 4.71. The summed E-state index contributed by atoms with van der Waals surface area (Å²) in [6, 6.07) is 14.5. The van der Waals surface area contributed by atoms with Crippen molar-refractivity contribution in [2.45, 2.75) is 26.4 Å². The SMILES string of the molecule is CCOc1ccccc1CNC(C)c1ccc(OC)c(Br)c1. The lowest BCUT2D eigenvalue weighted by atomic mass is 10.1. The second kappa shape index (κ2) is 8.20. The number of benzene rings is 2. The summed E-state index contributed by atoms with van der Waals surface area (Å²) in [7, 11) is 1.67. The molecule has 0 fully saturated rings. The number of hydrogen-bond donors (Lipinski definition) is 1. The first-order chi connectivity index (χ1) is 10.7. The third-order valence-electron chi connectivity index (χ3n) is 3.55. The number of hydrogen-bond acceptors (Lipinski definition) is 3. The van der Waals surface area contributed by atoms with Crippen LogP contribution in [0.1, 0.15) is 31.0 Å². The van der Waals surface area contributed by atoms with E-state index in [0.29, 0.717) is 6.61 Å². The van der Waals surface area contributed by atoms with Crippen molar-refractivity contribution in [1.82, 2.24) is 5.32 Å². The molecular formula is C18H22BrNO2. The molecule has 1 atom stereocenters. The molecule has 0 aromatic heterocycles. The monoisotopic (exact) mass is 363 g/mol. The molecule has 0 aliphatic rings. The number of ether oxygens (including phenoxy) is 2. The molecule has 1 unspecified atom stereocenters. The fraction of sp³-hybridized carbons (Fsp3) is 0.333. The largest absolute Gasteiger partial charge is 0.496 e. The van der Waals surface area contributed by atoms with Crippen molar-refractivity contribution in [2.24, 2.45) is 0 Å². The summed E-state index contributed by atoms with van der Waals surface area (Å²) < 4.78 is 11.9. The number of rotatable bonds is 7. The van der Waals surface area contributed by atoms with Crippen molar-refractivity contribution in [3.8, 4) is 11.5 Å². The summed E-state index contributed by atoms with van der Waals surface area (Å²) >= 11 is 3.53. The minimum atomic E-state index is 0.233. The highest BCUT2D eigenvalue weighted by Crippen LogP contribution is 2.28. The van der Waals surface area contributed by atoms with E-state index >= 15 is 0 Å². The molecule has 3 nitrogen and oxygen atoms in total. The van der Waals surface area contributed by atoms with Gasteiger partial charge in [0.2, 0.25) is 0 Å². The van der Waals surface area contributed by atoms with Gasteiger partial charge in [0.15, 0.2) is 0 Å². The van der Waals surface area contributed by atoms with Gasteiger partial charge >= 0.3 is 0 Å². The standard InChI is InChI=1S/C18H22BrNO2/c1-4-22-17-8-6-5-7-15(17)12-20-13(2)14-9-10-18(21-3)16(19)11-14/h5-11,13,20H,4,12H2,1-3H3. The van der Waals surface area contributed by atoms with Crippen molar-refractivity contribution in [3.05, 3.63) is 58.1 Å². The van der Waals surface area contributed by atoms with Crippen molar-refractivity contribution in [3.63, 3.8) is 0 Å². The van der Waals surface area contributed by atoms with Gasteiger partial charge in [-0.3, -0.25) is 0 Å². The normalized spacial score (nSPS) is 12.0. The van der Waals surface area contributed by atoms with Gasteiger partial charge in [-0.1, -0.05) is 24.3 Å². The maximum atomic E-state index is 5.66. The van der Waals surface area contributed by atoms with Crippen molar-refractivity contribution >= 4 is 15.9 Å². The maximum Gasteiger partial charge on any atom is 0.133 e. The Bertz CT molecular complexity index is 616. The Kier molecular flexibility index (Phi) is 6.28. The van der Waals surface area contributed by atoms with Crippen molar-refractivity contribution in [2.75, 3.05) is 13.7 Å². The summed E-state index contributed by atoms with van der Waals surface area (Å²) in [4.78, 5) is 0. The molecule has 1 N–H and O–H groups in total. The molecule has 4 heteroatoms. The minimum Gasteiger partial charge on any atom is -0.496 e. The molecule has 0 heterocycles. The highest BCUT2D eigenvalue weighted by atomic mass is 79.9. The maximum absolute atomic E-state index is 5.66. The van der Waals surface area contributed by atoms with Crippen LogP contribution in [0.25, 0.3) is 0 Å². The molecule has 0 saturated heterocycles. The van der Waals surface area contributed by atoms with Crippen LogP contribution in [0.5, 0.6) is 11.5 Å². The quantitative estimate of drug-likeness (QED) is 0.772. The molecule has 0 bridgehead atoms. The lowest BCUT2D eigenvalue weighted by Crippen LogP contribution is -2.18. The Morgan fingerprint density at radius 3 is 2.59 bits per heavy atom. The smallest absolute Gasteiger partial charge is 0.133 e. The Labute approximate surface area is 140 Å². The molecular weight excluding hydrogens is 342 g/mol. The van der Waals surface area contributed by atoms with E-state index in [1.54, 1.807) is 7.11 Å². The lowest BCUT2D eigenvalue weighted by molar-refractivity contribution is 0.335. The first-order valence-corrected chi connectivity index (χ1v) is 8.22. The average Bonchev–Trinajstić information content (AvgIpc) is 2.54. The van der Waals surface area contributed by atoms with E-state index in [0.717, 1.165) is 22.5 Å². The number of nitrogens with one attached hydrogen (secondary N) is 1. The molecule has 0 radical (unpaired) electrons. The third kappa shape index (κ3) is 4.24. The molecule has 0 aliphatic heterocycles. The summed E-state index contributed by atoms with van der Waals surface area (Å²) in [5, 5.41) is 3.54. The van der Waals surface area contributed by atoms with E-state index < -0.39 is 0 Å². The Morgan fingerprint density at radius 1 is 1.14 bits per heavy atom. The summed E-state index contributed by atoms with van der Waals surface area (Å²) in [6.45, 7) is 5.60. The van der Waals surface area contributed by atoms with Gasteiger partial charge in [-0.15, -0.1) is 0 Å². The molecule has 22 heavy (non-hydrogen) atoms. The third-order valence-corrected chi connectivity index (χ3v) is 4.17. The summed E-state index contributed by atoms with van der Waals surface area (Å²) in [5.41, 5.74) is 2.38. The molecule has 118 valence electrons. The molecule has 2 aromatic carbocycles. The Hall–Kier alpha value is -1.52. The van der Waals surface area contributed by atoms with Crippen LogP contribution >= 0.6 is 15.9 Å². The first kappa shape index (κ1) is 16.8. The van der Waals surface area contributed by atoms with E-state index in [2.05, 4.69) is 46.4 Å². The molecule has 0 saturated carbocycles. The lowest BCUT2D eigenvalue weighted by Gasteiger charge is -2.17. The van der Waals surface area contributed by atoms with Gasteiger partial charge in [0.05, 0.1) is 18.2 Å². The van der Waals surface area contributed by atoms with Gasteiger partial charge in [-0.2, -0.15) is 0 Å². The molecule has 0 aliphatic carbocycles. The van der Waals surface area contributed by atoms with Gasteiger partial charge in [-0.05, 0) is 53.5 Å². The van der Waals surface area contributed by atoms with Crippen LogP contribution < -0.4 is 14.8 Å². The zero-order valence-corrected chi connectivity index (χ0v) is 14.8. The minimum absolute atomic E-state index is 0.233. The number of para-hydroxylation sites is 1. The average molecular weight is 364 g/mol. The molecule has 0 amide bonds. The van der Waals surface area contributed by atoms with Gasteiger partial charge in [0.25, 0.3) is 0 Å². The van der Waals surface area contributed by atoms with E-state index in [1.807, 2.05) is 31.2 Å². The zero-order valence-electron chi connectivity index (χ0n) is 13.2. The predicted molar refractivity (Wildman–Crippen MR) is 93.6 cm³/mol. The van der Waals surface area contributed by atoms with Gasteiger partial charge < -0.3 is 14.8 Å². The fourth-order valence-electron chi connectivity index (χ4n) is 2.28. The second-order valence-corrected chi connectivity index (χ2v) is 5.89. The Morgan fingerprint density at radius 2 is 1.91 bits per heavy atom. The fourth-order valence-corrected chi connectivity index (χ4v) is 2.84. The summed E-state index contributed by atoms with van der Waals surface area (Å²) in [6.07, 6.45) is 0. The first-order valence-electron chi connectivity index (χ1n) is 7.43. The molecule has 2 rings (SSSR count). The Balaban J connectivity index is 2.03. The molecule has 2 aromatic rings. The second-order valence-electron chi connectivity index (χ2n) is 5.04. The van der Waals surface area contributed by atoms with E-state index in [1.165, 1.54) is 11.1 Å². The summed E-state index contributed by atoms with van der Waals surface area (Å²) in [5.74, 6) is 1.79. The van der Waals surface area contributed by atoms with E-state index in [-0.39, 0.29) is 6.04 Å². The van der Waals surface area contributed by atoms with Crippen molar-refractivity contribution in [1.29, 1.82) is 0 Å². The van der Waals surface area contributed by atoms with E-state index in [4.69, 9.17) is 9.47 Å². The van der Waals surface area contributed by atoms with Crippen LogP contribution in [0.2, 0.25) is 0 Å². The molecule has 0 spiro atoms. The van der Waals surface area contributed by atoms with Crippen LogP contribution in [0, 0.1) is 0 Å². The van der Waals surface area contributed by atoms with Gasteiger partial charge in [0.1, 0.15) is 11.5 Å². The highest BCUT2D eigenvalue weighted by molar-refractivity contribution is 9.10. The number of halogens is 1. The van der Waals surface area contributed by atoms with Crippen LogP contribution in [0.15, 0.2) is 46.9 Å². The number of methoxy groups -OCH3 is 1. The highest BCUT2D eigenvalue weighted by Gasteiger charge is 2.09.